The number of rotatable bonds is 4. The van der Waals surface area contributed by atoms with E-state index in [1.165, 1.54) is 25.5 Å². The molecule has 2 rings (SSSR count). The molecule has 0 unspecified atom stereocenters. The Hall–Kier alpha value is -3.06. The van der Waals surface area contributed by atoms with Gasteiger partial charge in [-0.2, -0.15) is 5.10 Å². The molecule has 0 saturated carbocycles. The summed E-state index contributed by atoms with van der Waals surface area (Å²) in [7, 11) is 1.42. The van der Waals surface area contributed by atoms with Gasteiger partial charge in [-0.1, -0.05) is 11.6 Å². The zero-order valence-corrected chi connectivity index (χ0v) is 14.3. The molecule has 0 saturated heterocycles. The van der Waals surface area contributed by atoms with Crippen molar-refractivity contribution < 1.29 is 19.4 Å². The second-order valence-electron chi connectivity index (χ2n) is 5.04. The van der Waals surface area contributed by atoms with Gasteiger partial charge < -0.3 is 15.2 Å². The zero-order valence-electron chi connectivity index (χ0n) is 13.5. The number of nitrogens with one attached hydrogen (secondary N) is 2. The highest BCUT2D eigenvalue weighted by Gasteiger charge is 2.14. The molecule has 0 aliphatic heterocycles. The predicted octanol–water partition coefficient (Wildman–Crippen LogP) is 2.45. The Balaban J connectivity index is 1.96. The molecule has 0 aromatic heterocycles. The van der Waals surface area contributed by atoms with E-state index in [2.05, 4.69) is 15.8 Å². The number of ether oxygens (including phenoxy) is 1. The van der Waals surface area contributed by atoms with Crippen LogP contribution in [0.4, 0.5) is 5.69 Å². The number of anilines is 1. The molecule has 0 atom stereocenters. The van der Waals surface area contributed by atoms with Gasteiger partial charge in [-0.25, -0.2) is 5.43 Å². The van der Waals surface area contributed by atoms with E-state index in [0.29, 0.717) is 16.3 Å². The molecular formula is C17H16ClN3O4. The number of nitrogens with zero attached hydrogens (tertiary/aromatic N) is 1. The number of carbonyl (C=O) groups excluding carboxylic acids is 2. The molecular weight excluding hydrogens is 346 g/mol. The molecule has 2 amide bonds. The van der Waals surface area contributed by atoms with Gasteiger partial charge in [0.1, 0.15) is 0 Å². The second kappa shape index (κ2) is 8.16. The molecule has 8 heteroatoms. The summed E-state index contributed by atoms with van der Waals surface area (Å²) in [6.45, 7) is 1.76. The number of halogens is 1. The maximum absolute atomic E-state index is 11.9. The van der Waals surface area contributed by atoms with E-state index >= 15 is 0 Å². The smallest absolute Gasteiger partial charge is 0.329 e. The lowest BCUT2D eigenvalue weighted by Gasteiger charge is -2.07. The van der Waals surface area contributed by atoms with Gasteiger partial charge in [-0.05, 0) is 54.4 Å². The molecule has 0 fully saturated rings. The van der Waals surface area contributed by atoms with Crippen molar-refractivity contribution in [3.63, 3.8) is 0 Å². The number of phenolic OH excluding ortho intramolecular Hbond substituents is 1. The first-order valence-corrected chi connectivity index (χ1v) is 7.56. The van der Waals surface area contributed by atoms with Gasteiger partial charge in [0.15, 0.2) is 11.5 Å². The van der Waals surface area contributed by atoms with E-state index in [0.717, 1.165) is 5.56 Å². The number of carbonyl (C=O) groups is 2. The summed E-state index contributed by atoms with van der Waals surface area (Å²) in [5.74, 6) is -1.52. The Bertz CT molecular complexity index is 837. The lowest BCUT2D eigenvalue weighted by molar-refractivity contribution is -0.136. The first-order chi connectivity index (χ1) is 11.9. The number of aromatic hydroxyl groups is 1. The van der Waals surface area contributed by atoms with Crippen molar-refractivity contribution >= 4 is 35.3 Å². The summed E-state index contributed by atoms with van der Waals surface area (Å²) in [5.41, 5.74) is 3.91. The largest absolute Gasteiger partial charge is 0.504 e. The molecule has 0 radical (unpaired) electrons. The van der Waals surface area contributed by atoms with Crippen LogP contribution in [0.15, 0.2) is 41.5 Å². The van der Waals surface area contributed by atoms with Gasteiger partial charge in [0.05, 0.1) is 13.3 Å². The molecule has 3 N–H and O–H groups in total. The number of hydrogen-bond acceptors (Lipinski definition) is 5. The summed E-state index contributed by atoms with van der Waals surface area (Å²) in [6, 6.07) is 9.42. The minimum Gasteiger partial charge on any atom is -0.504 e. The van der Waals surface area contributed by atoms with Gasteiger partial charge in [-0.15, -0.1) is 0 Å². The summed E-state index contributed by atoms with van der Waals surface area (Å²) in [4.78, 5) is 23.6. The standard InChI is InChI=1S/C17H16ClN3O4/c1-10-7-12(18)4-5-13(10)20-16(23)17(24)21-19-9-11-3-6-14(22)15(8-11)25-2/h3-9,22H,1-2H3,(H,20,23)(H,21,24)/b19-9-. The van der Waals surface area contributed by atoms with E-state index in [9.17, 15) is 14.7 Å². The fraction of sp³-hybridized carbons (Fsp3) is 0.118. The van der Waals surface area contributed by atoms with Crippen LogP contribution in [0.5, 0.6) is 11.5 Å². The first kappa shape index (κ1) is 18.3. The van der Waals surface area contributed by atoms with Crippen LogP contribution in [0.3, 0.4) is 0 Å². The van der Waals surface area contributed by atoms with Crippen molar-refractivity contribution in [1.29, 1.82) is 0 Å². The van der Waals surface area contributed by atoms with Crippen LogP contribution >= 0.6 is 11.6 Å². The fourth-order valence-corrected chi connectivity index (χ4v) is 2.16. The number of aryl methyl sites for hydroxylation is 1. The molecule has 7 nitrogen and oxygen atoms in total. The molecule has 0 spiro atoms. The van der Waals surface area contributed by atoms with E-state index in [-0.39, 0.29) is 11.5 Å². The van der Waals surface area contributed by atoms with Crippen LogP contribution in [0.25, 0.3) is 0 Å². The Morgan fingerprint density at radius 3 is 2.64 bits per heavy atom. The highest BCUT2D eigenvalue weighted by molar-refractivity contribution is 6.39. The molecule has 2 aromatic carbocycles. The molecule has 0 heterocycles. The van der Waals surface area contributed by atoms with Crippen LogP contribution in [0.1, 0.15) is 11.1 Å². The van der Waals surface area contributed by atoms with Crippen LogP contribution in [-0.2, 0) is 9.59 Å². The van der Waals surface area contributed by atoms with E-state index in [1.807, 2.05) is 0 Å². The summed E-state index contributed by atoms with van der Waals surface area (Å²) in [5, 5.41) is 16.2. The number of methoxy groups -OCH3 is 1. The number of phenols is 1. The summed E-state index contributed by atoms with van der Waals surface area (Å²) < 4.78 is 4.96. The predicted molar refractivity (Wildman–Crippen MR) is 95.2 cm³/mol. The summed E-state index contributed by atoms with van der Waals surface area (Å²) in [6.07, 6.45) is 1.32. The van der Waals surface area contributed by atoms with Gasteiger partial charge in [-0.3, -0.25) is 9.59 Å². The highest BCUT2D eigenvalue weighted by atomic mass is 35.5. The van der Waals surface area contributed by atoms with Crippen molar-refractivity contribution in [1.82, 2.24) is 5.43 Å². The monoisotopic (exact) mass is 361 g/mol. The van der Waals surface area contributed by atoms with Crippen LogP contribution in [0.2, 0.25) is 5.02 Å². The molecule has 130 valence electrons. The van der Waals surface area contributed by atoms with Crippen molar-refractivity contribution in [3.05, 3.63) is 52.5 Å². The molecule has 0 bridgehead atoms. The van der Waals surface area contributed by atoms with E-state index in [4.69, 9.17) is 16.3 Å². The van der Waals surface area contributed by atoms with Crippen LogP contribution in [-0.4, -0.2) is 30.2 Å². The number of hydrazone groups is 1. The zero-order chi connectivity index (χ0) is 18.4. The first-order valence-electron chi connectivity index (χ1n) is 7.18. The average Bonchev–Trinajstić information content (AvgIpc) is 2.58. The molecule has 0 aliphatic carbocycles. The average molecular weight is 362 g/mol. The SMILES string of the molecule is COc1cc(/C=N\NC(=O)C(=O)Nc2ccc(Cl)cc2C)ccc1O. The van der Waals surface area contributed by atoms with Gasteiger partial charge in [0.2, 0.25) is 0 Å². The third kappa shape index (κ3) is 4.95. The van der Waals surface area contributed by atoms with Crippen molar-refractivity contribution in [3.8, 4) is 11.5 Å². The minimum atomic E-state index is -0.920. The van der Waals surface area contributed by atoms with E-state index < -0.39 is 11.8 Å². The van der Waals surface area contributed by atoms with Crippen LogP contribution in [0, 0.1) is 6.92 Å². The van der Waals surface area contributed by atoms with Crippen LogP contribution < -0.4 is 15.5 Å². The fourth-order valence-electron chi connectivity index (χ4n) is 1.94. The van der Waals surface area contributed by atoms with E-state index in [1.54, 1.807) is 31.2 Å². The van der Waals surface area contributed by atoms with Crippen molar-refractivity contribution in [2.45, 2.75) is 6.92 Å². The summed E-state index contributed by atoms with van der Waals surface area (Å²) >= 11 is 5.84. The second-order valence-corrected chi connectivity index (χ2v) is 5.48. The Morgan fingerprint density at radius 2 is 1.96 bits per heavy atom. The minimum absolute atomic E-state index is 0.0126. The van der Waals surface area contributed by atoms with Crippen molar-refractivity contribution in [2.24, 2.45) is 5.10 Å². The van der Waals surface area contributed by atoms with Gasteiger partial charge in [0.25, 0.3) is 0 Å². The lowest BCUT2D eigenvalue weighted by atomic mass is 10.2. The molecule has 0 aliphatic rings. The normalized spacial score (nSPS) is 10.5. The Morgan fingerprint density at radius 1 is 1.20 bits per heavy atom. The number of amides is 2. The Kier molecular flexibility index (Phi) is 5.97. The molecule has 2 aromatic rings. The maximum atomic E-state index is 11.9. The maximum Gasteiger partial charge on any atom is 0.329 e. The number of benzene rings is 2. The third-order valence-electron chi connectivity index (χ3n) is 3.23. The highest BCUT2D eigenvalue weighted by Crippen LogP contribution is 2.25. The third-order valence-corrected chi connectivity index (χ3v) is 3.46. The molecule has 25 heavy (non-hydrogen) atoms. The lowest BCUT2D eigenvalue weighted by Crippen LogP contribution is -2.32. The Labute approximate surface area is 149 Å². The quantitative estimate of drug-likeness (QED) is 0.442. The van der Waals surface area contributed by atoms with Gasteiger partial charge >= 0.3 is 11.8 Å². The van der Waals surface area contributed by atoms with Gasteiger partial charge in [0, 0.05) is 10.7 Å². The van der Waals surface area contributed by atoms with Crippen molar-refractivity contribution in [2.75, 3.05) is 12.4 Å². The number of hydrogen-bond donors (Lipinski definition) is 3. The topological polar surface area (TPSA) is 100 Å².